The Bertz CT molecular complexity index is 866. The van der Waals surface area contributed by atoms with Crippen molar-refractivity contribution in [3.05, 3.63) is 41.7 Å². The molecule has 0 unspecified atom stereocenters. The van der Waals surface area contributed by atoms with Crippen molar-refractivity contribution < 1.29 is 19.1 Å². The normalized spacial score (nSPS) is 16.1. The molecule has 1 N–H and O–H groups in total. The number of para-hydroxylation sites is 1. The molecule has 1 aliphatic rings. The van der Waals surface area contributed by atoms with E-state index in [4.69, 9.17) is 4.74 Å². The van der Waals surface area contributed by atoms with Gasteiger partial charge >= 0.3 is 12.0 Å². The Hall–Kier alpha value is -3.09. The second-order valence-corrected chi connectivity index (χ2v) is 5.34. The second-order valence-electron chi connectivity index (χ2n) is 5.34. The predicted octanol–water partition coefficient (Wildman–Crippen LogP) is 1.73. The highest BCUT2D eigenvalue weighted by atomic mass is 16.5. The molecule has 0 atom stereocenters. The number of likely N-dealkylation sites (N-methyl/N-ethyl adjacent to an activating group) is 1. The minimum absolute atomic E-state index is 0.0710. The predicted molar refractivity (Wildman–Crippen MR) is 87.8 cm³/mol. The van der Waals surface area contributed by atoms with Crippen LogP contribution in [0.1, 0.15) is 12.5 Å². The summed E-state index contributed by atoms with van der Waals surface area (Å²) >= 11 is 0. The van der Waals surface area contributed by atoms with E-state index in [9.17, 15) is 14.4 Å². The van der Waals surface area contributed by atoms with Gasteiger partial charge in [-0.25, -0.2) is 4.79 Å². The van der Waals surface area contributed by atoms with Crippen molar-refractivity contribution in [1.29, 1.82) is 0 Å². The van der Waals surface area contributed by atoms with Crippen molar-refractivity contribution in [2.45, 2.75) is 13.5 Å². The van der Waals surface area contributed by atoms with Crippen LogP contribution >= 0.6 is 0 Å². The Morgan fingerprint density at radius 2 is 2.04 bits per heavy atom. The van der Waals surface area contributed by atoms with Crippen LogP contribution in [0.2, 0.25) is 0 Å². The molecule has 0 aliphatic carbocycles. The lowest BCUT2D eigenvalue weighted by molar-refractivity contribution is -0.141. The number of ether oxygens (including phenoxy) is 1. The number of benzene rings is 1. The Kier molecular flexibility index (Phi) is 4.07. The number of nitrogens with one attached hydrogen (secondary N) is 1. The molecule has 1 saturated heterocycles. The SMILES string of the molecule is CCN1C(=O)N/C(=C/c2cn(CC(=O)OC)c3ccccc23)C1=O. The molecule has 1 aliphatic heterocycles. The minimum Gasteiger partial charge on any atom is -0.468 e. The number of nitrogens with zero attached hydrogens (tertiary/aromatic N) is 2. The molecule has 0 bridgehead atoms. The number of carbonyl (C=O) groups is 3. The van der Waals surface area contributed by atoms with Gasteiger partial charge in [-0.2, -0.15) is 0 Å². The molecule has 24 heavy (non-hydrogen) atoms. The standard InChI is InChI=1S/C17H17N3O4/c1-3-20-16(22)13(18-17(20)23)8-11-9-19(10-15(21)24-2)14-7-5-4-6-12(11)14/h4-9H,3,10H2,1-2H3,(H,18,23)/b13-8+. The Labute approximate surface area is 138 Å². The number of hydrogen-bond acceptors (Lipinski definition) is 4. The molecule has 124 valence electrons. The van der Waals surface area contributed by atoms with Gasteiger partial charge in [0.15, 0.2) is 0 Å². The molecule has 3 amide bonds. The number of carbonyl (C=O) groups excluding carboxylic acids is 3. The molecule has 2 aromatic rings. The van der Waals surface area contributed by atoms with Crippen LogP contribution in [0.3, 0.4) is 0 Å². The number of rotatable bonds is 4. The first-order valence-corrected chi connectivity index (χ1v) is 7.54. The Morgan fingerprint density at radius 3 is 2.71 bits per heavy atom. The van der Waals surface area contributed by atoms with Gasteiger partial charge in [0.1, 0.15) is 12.2 Å². The number of fused-ring (bicyclic) bond motifs is 1. The van der Waals surface area contributed by atoms with Gasteiger partial charge in [0.2, 0.25) is 0 Å². The highest BCUT2D eigenvalue weighted by Crippen LogP contribution is 2.24. The highest BCUT2D eigenvalue weighted by molar-refractivity contribution is 6.14. The summed E-state index contributed by atoms with van der Waals surface area (Å²) < 4.78 is 6.47. The molecule has 1 fully saturated rings. The van der Waals surface area contributed by atoms with Gasteiger partial charge in [0.05, 0.1) is 7.11 Å². The van der Waals surface area contributed by atoms with Crippen molar-refractivity contribution in [2.24, 2.45) is 0 Å². The lowest BCUT2D eigenvalue weighted by Crippen LogP contribution is -2.30. The van der Waals surface area contributed by atoms with Gasteiger partial charge in [0, 0.05) is 29.2 Å². The van der Waals surface area contributed by atoms with Crippen LogP contribution in [0.4, 0.5) is 4.79 Å². The fourth-order valence-electron chi connectivity index (χ4n) is 2.74. The average Bonchev–Trinajstić information content (AvgIpc) is 3.05. The summed E-state index contributed by atoms with van der Waals surface area (Å²) in [7, 11) is 1.34. The maximum Gasteiger partial charge on any atom is 0.328 e. The maximum absolute atomic E-state index is 12.2. The number of amides is 3. The molecule has 0 spiro atoms. The quantitative estimate of drug-likeness (QED) is 0.527. The molecule has 7 nitrogen and oxygen atoms in total. The molecular formula is C17H17N3O4. The smallest absolute Gasteiger partial charge is 0.328 e. The first-order chi connectivity index (χ1) is 11.5. The van der Waals surface area contributed by atoms with Crippen molar-refractivity contribution in [3.63, 3.8) is 0 Å². The van der Waals surface area contributed by atoms with E-state index in [1.165, 1.54) is 7.11 Å². The van der Waals surface area contributed by atoms with Gasteiger partial charge in [0.25, 0.3) is 5.91 Å². The van der Waals surface area contributed by atoms with Gasteiger partial charge in [-0.15, -0.1) is 0 Å². The minimum atomic E-state index is -0.424. The lowest BCUT2D eigenvalue weighted by Gasteiger charge is -2.05. The first-order valence-electron chi connectivity index (χ1n) is 7.54. The van der Waals surface area contributed by atoms with Crippen LogP contribution in [0.5, 0.6) is 0 Å². The number of methoxy groups -OCH3 is 1. The average molecular weight is 327 g/mol. The van der Waals surface area contributed by atoms with Crippen molar-refractivity contribution >= 4 is 34.9 Å². The summed E-state index contributed by atoms with van der Waals surface area (Å²) in [6, 6.07) is 7.10. The van der Waals surface area contributed by atoms with Crippen LogP contribution in [0.15, 0.2) is 36.2 Å². The van der Waals surface area contributed by atoms with Gasteiger partial charge < -0.3 is 14.6 Å². The van der Waals surface area contributed by atoms with Crippen LogP contribution in [0.25, 0.3) is 17.0 Å². The first kappa shape index (κ1) is 15.8. The van der Waals surface area contributed by atoms with Crippen LogP contribution in [0, 0.1) is 0 Å². The van der Waals surface area contributed by atoms with Gasteiger partial charge in [-0.05, 0) is 19.1 Å². The molecule has 7 heteroatoms. The zero-order valence-electron chi connectivity index (χ0n) is 13.4. The number of esters is 1. The molecule has 2 heterocycles. The van der Waals surface area contributed by atoms with Gasteiger partial charge in [-0.1, -0.05) is 18.2 Å². The lowest BCUT2D eigenvalue weighted by atomic mass is 10.1. The van der Waals surface area contributed by atoms with Crippen LogP contribution < -0.4 is 5.32 Å². The molecule has 3 rings (SSSR count). The van der Waals surface area contributed by atoms with E-state index in [1.54, 1.807) is 23.8 Å². The topological polar surface area (TPSA) is 80.6 Å². The molecule has 0 radical (unpaired) electrons. The maximum atomic E-state index is 12.2. The second kappa shape index (κ2) is 6.19. The zero-order chi connectivity index (χ0) is 17.3. The summed E-state index contributed by atoms with van der Waals surface area (Å²) in [5.74, 6) is -0.718. The zero-order valence-corrected chi connectivity index (χ0v) is 13.4. The van der Waals surface area contributed by atoms with E-state index in [0.717, 1.165) is 21.4 Å². The summed E-state index contributed by atoms with van der Waals surface area (Å²) in [4.78, 5) is 36.7. The van der Waals surface area contributed by atoms with Crippen LogP contribution in [-0.2, 0) is 20.9 Å². The Balaban J connectivity index is 2.04. The fourth-order valence-corrected chi connectivity index (χ4v) is 2.74. The van der Waals surface area contributed by atoms with E-state index < -0.39 is 6.03 Å². The monoisotopic (exact) mass is 327 g/mol. The molecule has 1 aromatic carbocycles. The summed E-state index contributed by atoms with van der Waals surface area (Å²) in [5, 5.41) is 3.46. The number of urea groups is 1. The van der Waals surface area contributed by atoms with Crippen molar-refractivity contribution in [1.82, 2.24) is 14.8 Å². The molecule has 0 saturated carbocycles. The van der Waals surface area contributed by atoms with E-state index in [-0.39, 0.29) is 24.1 Å². The van der Waals surface area contributed by atoms with E-state index >= 15 is 0 Å². The van der Waals surface area contributed by atoms with Crippen molar-refractivity contribution in [3.8, 4) is 0 Å². The molecular weight excluding hydrogens is 310 g/mol. The number of hydrogen-bond donors (Lipinski definition) is 1. The third-order valence-corrected chi connectivity index (χ3v) is 3.92. The fraction of sp³-hybridized carbons (Fsp3) is 0.235. The van der Waals surface area contributed by atoms with E-state index in [2.05, 4.69) is 5.32 Å². The summed E-state index contributed by atoms with van der Waals surface area (Å²) in [6.45, 7) is 2.12. The van der Waals surface area contributed by atoms with Crippen LogP contribution in [-0.4, -0.2) is 41.0 Å². The van der Waals surface area contributed by atoms with E-state index in [1.807, 2.05) is 24.3 Å². The number of imide groups is 1. The highest BCUT2D eigenvalue weighted by Gasteiger charge is 2.32. The summed E-state index contributed by atoms with van der Waals surface area (Å²) in [6.07, 6.45) is 3.40. The van der Waals surface area contributed by atoms with E-state index in [0.29, 0.717) is 6.54 Å². The third kappa shape index (κ3) is 2.64. The van der Waals surface area contributed by atoms with Crippen molar-refractivity contribution in [2.75, 3.05) is 13.7 Å². The Morgan fingerprint density at radius 1 is 1.29 bits per heavy atom. The number of aromatic nitrogens is 1. The largest absolute Gasteiger partial charge is 0.468 e. The summed E-state index contributed by atoms with van der Waals surface area (Å²) in [5.41, 5.74) is 1.82. The van der Waals surface area contributed by atoms with Gasteiger partial charge in [-0.3, -0.25) is 14.5 Å². The third-order valence-electron chi connectivity index (χ3n) is 3.92. The molecule has 1 aromatic heterocycles.